The lowest BCUT2D eigenvalue weighted by molar-refractivity contribution is -0.421. The first kappa shape index (κ1) is 27.5. The zero-order chi connectivity index (χ0) is 24.6. The number of benzene rings is 2. The van der Waals surface area contributed by atoms with Crippen molar-refractivity contribution in [3.8, 4) is 0 Å². The summed E-state index contributed by atoms with van der Waals surface area (Å²) in [6.45, 7) is 6.36. The third-order valence-electron chi connectivity index (χ3n) is 5.46. The summed E-state index contributed by atoms with van der Waals surface area (Å²) in [7, 11) is 0. The quantitative estimate of drug-likeness (QED) is 0.112. The molecule has 0 heterocycles. The van der Waals surface area contributed by atoms with E-state index in [0.29, 0.717) is 17.5 Å². The molecule has 0 N–H and O–H groups in total. The summed E-state index contributed by atoms with van der Waals surface area (Å²) in [4.78, 5) is 45.2. The van der Waals surface area contributed by atoms with E-state index in [1.54, 1.807) is 24.3 Å². The van der Waals surface area contributed by atoms with Crippen molar-refractivity contribution in [3.05, 3.63) is 70.8 Å². The van der Waals surface area contributed by atoms with Gasteiger partial charge in [0.2, 0.25) is 6.29 Å². The van der Waals surface area contributed by atoms with Crippen LogP contribution in [0.4, 0.5) is 0 Å². The predicted octanol–water partition coefficient (Wildman–Crippen LogP) is 7.16. The molecule has 0 aliphatic heterocycles. The maximum atomic E-state index is 12.4. The number of hydrogen-bond donors (Lipinski definition) is 0. The fourth-order valence-electron chi connectivity index (χ4n) is 3.51. The first-order valence-electron chi connectivity index (χ1n) is 12.5. The molecule has 6 nitrogen and oxygen atoms in total. The zero-order valence-electron chi connectivity index (χ0n) is 20.7. The van der Waals surface area contributed by atoms with Crippen LogP contribution in [0, 0.1) is 0 Å². The molecule has 186 valence electrons. The Bertz CT molecular complexity index is 779. The average Bonchev–Trinajstić information content (AvgIpc) is 2.86. The van der Waals surface area contributed by atoms with Crippen molar-refractivity contribution in [2.45, 2.75) is 91.3 Å². The van der Waals surface area contributed by atoms with Crippen molar-refractivity contribution >= 4 is 11.9 Å². The van der Waals surface area contributed by atoms with Gasteiger partial charge in [-0.2, -0.15) is 0 Å². The van der Waals surface area contributed by atoms with Gasteiger partial charge in [-0.05, 0) is 54.7 Å². The highest BCUT2D eigenvalue weighted by atomic mass is 17.3. The number of aryl methyl sites for hydroxylation is 2. The summed E-state index contributed by atoms with van der Waals surface area (Å²) in [5.41, 5.74) is 3.07. The van der Waals surface area contributed by atoms with E-state index >= 15 is 0 Å². The maximum absolute atomic E-state index is 12.4. The zero-order valence-corrected chi connectivity index (χ0v) is 20.7. The van der Waals surface area contributed by atoms with Gasteiger partial charge in [-0.3, -0.25) is 9.78 Å². The molecule has 0 aliphatic rings. The summed E-state index contributed by atoms with van der Waals surface area (Å²) >= 11 is 0. The molecule has 34 heavy (non-hydrogen) atoms. The third-order valence-corrected chi connectivity index (χ3v) is 5.46. The number of carbonyl (C=O) groups is 2. The van der Waals surface area contributed by atoms with E-state index in [1.165, 1.54) is 0 Å². The van der Waals surface area contributed by atoms with Crippen LogP contribution in [0.15, 0.2) is 48.5 Å². The van der Waals surface area contributed by atoms with E-state index in [-0.39, 0.29) is 0 Å². The number of hydrogen-bond acceptors (Lipinski definition) is 6. The summed E-state index contributed by atoms with van der Waals surface area (Å²) in [6, 6.07) is 14.4. The van der Waals surface area contributed by atoms with Crippen LogP contribution in [-0.2, 0) is 32.4 Å². The van der Waals surface area contributed by atoms with Crippen LogP contribution < -0.4 is 0 Å². The lowest BCUT2D eigenvalue weighted by Gasteiger charge is -2.15. The minimum Gasteiger partial charge on any atom is -0.290 e. The van der Waals surface area contributed by atoms with Crippen molar-refractivity contribution < 1.29 is 29.1 Å². The molecule has 0 spiro atoms. The Morgan fingerprint density at radius 1 is 0.618 bits per heavy atom. The van der Waals surface area contributed by atoms with Gasteiger partial charge in [0.1, 0.15) is 0 Å². The highest BCUT2D eigenvalue weighted by Crippen LogP contribution is 2.15. The van der Waals surface area contributed by atoms with Gasteiger partial charge in [0.15, 0.2) is 0 Å². The minimum absolute atomic E-state index is 0.380. The van der Waals surface area contributed by atoms with E-state index in [2.05, 4.69) is 20.8 Å². The largest absolute Gasteiger partial charge is 0.373 e. The topological polar surface area (TPSA) is 71.1 Å². The fourth-order valence-corrected chi connectivity index (χ4v) is 3.51. The standard InChI is InChI=1S/C28H38O6/c1-4-7-8-9-10-13-26(31-33-27(29)24-18-14-22(11-5-2)15-19-24)32-34-28(30)25-20-16-23(12-6-3)17-21-25/h14-21,26H,4-13H2,1-3H3. The molecule has 6 heteroatoms. The van der Waals surface area contributed by atoms with E-state index in [9.17, 15) is 9.59 Å². The second-order valence-corrected chi connectivity index (χ2v) is 8.46. The van der Waals surface area contributed by atoms with Crippen molar-refractivity contribution in [1.82, 2.24) is 0 Å². The van der Waals surface area contributed by atoms with Gasteiger partial charge >= 0.3 is 11.9 Å². The lowest BCUT2D eigenvalue weighted by Crippen LogP contribution is -2.22. The third kappa shape index (κ3) is 10.1. The maximum Gasteiger partial charge on any atom is 0.373 e. The molecular weight excluding hydrogens is 432 g/mol. The lowest BCUT2D eigenvalue weighted by atomic mass is 10.1. The molecule has 0 bridgehead atoms. The summed E-state index contributed by atoms with van der Waals surface area (Å²) in [5.74, 6) is -1.25. The van der Waals surface area contributed by atoms with E-state index in [0.717, 1.165) is 68.9 Å². The Morgan fingerprint density at radius 3 is 1.47 bits per heavy atom. The molecule has 0 unspecified atom stereocenters. The Balaban J connectivity index is 1.89. The van der Waals surface area contributed by atoms with Crippen LogP contribution in [0.3, 0.4) is 0 Å². The summed E-state index contributed by atoms with van der Waals surface area (Å²) < 4.78 is 0. The molecule has 2 aromatic carbocycles. The van der Waals surface area contributed by atoms with Gasteiger partial charge < -0.3 is 0 Å². The second-order valence-electron chi connectivity index (χ2n) is 8.46. The van der Waals surface area contributed by atoms with Crippen LogP contribution in [0.5, 0.6) is 0 Å². The molecule has 0 radical (unpaired) electrons. The van der Waals surface area contributed by atoms with Crippen LogP contribution in [-0.4, -0.2) is 18.2 Å². The Hall–Kier alpha value is -2.70. The average molecular weight is 471 g/mol. The Labute approximate surface area is 203 Å². The van der Waals surface area contributed by atoms with E-state index in [4.69, 9.17) is 19.6 Å². The monoisotopic (exact) mass is 470 g/mol. The van der Waals surface area contributed by atoms with Crippen LogP contribution >= 0.6 is 0 Å². The van der Waals surface area contributed by atoms with Crippen molar-refractivity contribution in [2.75, 3.05) is 0 Å². The van der Waals surface area contributed by atoms with Crippen molar-refractivity contribution in [1.29, 1.82) is 0 Å². The van der Waals surface area contributed by atoms with Gasteiger partial charge in [0.05, 0.1) is 11.1 Å². The Kier molecular flexibility index (Phi) is 13.0. The molecule has 0 fully saturated rings. The smallest absolute Gasteiger partial charge is 0.290 e. The molecule has 0 saturated carbocycles. The second kappa shape index (κ2) is 16.0. The normalized spacial score (nSPS) is 10.9. The predicted molar refractivity (Wildman–Crippen MR) is 131 cm³/mol. The molecule has 0 atom stereocenters. The van der Waals surface area contributed by atoms with Gasteiger partial charge in [-0.1, -0.05) is 83.6 Å². The van der Waals surface area contributed by atoms with Crippen molar-refractivity contribution in [3.63, 3.8) is 0 Å². The van der Waals surface area contributed by atoms with Crippen LogP contribution in [0.25, 0.3) is 0 Å². The fraction of sp³-hybridized carbons (Fsp3) is 0.500. The highest BCUT2D eigenvalue weighted by Gasteiger charge is 2.19. The summed E-state index contributed by atoms with van der Waals surface area (Å²) in [5, 5.41) is 0. The molecule has 0 aromatic heterocycles. The highest BCUT2D eigenvalue weighted by molar-refractivity contribution is 5.89. The Morgan fingerprint density at radius 2 is 1.06 bits per heavy atom. The van der Waals surface area contributed by atoms with Gasteiger partial charge in [0.25, 0.3) is 0 Å². The van der Waals surface area contributed by atoms with Gasteiger partial charge in [0, 0.05) is 6.42 Å². The summed E-state index contributed by atoms with van der Waals surface area (Å²) in [6.07, 6.45) is 8.54. The SMILES string of the molecule is CCCCCCCC(OOC(=O)c1ccc(CCC)cc1)OOC(=O)c1ccc(CCC)cc1. The number of unbranched alkanes of at least 4 members (excludes halogenated alkanes) is 4. The van der Waals surface area contributed by atoms with Gasteiger partial charge in [-0.25, -0.2) is 9.59 Å². The molecule has 0 aliphatic carbocycles. The number of carbonyl (C=O) groups excluding carboxylic acids is 2. The minimum atomic E-state index is -1.01. The van der Waals surface area contributed by atoms with Crippen LogP contribution in [0.1, 0.15) is 104 Å². The first-order chi connectivity index (χ1) is 16.6. The van der Waals surface area contributed by atoms with Crippen LogP contribution in [0.2, 0.25) is 0 Å². The van der Waals surface area contributed by atoms with E-state index in [1.807, 2.05) is 24.3 Å². The molecular formula is C28H38O6. The first-order valence-corrected chi connectivity index (χ1v) is 12.5. The van der Waals surface area contributed by atoms with Crippen molar-refractivity contribution in [2.24, 2.45) is 0 Å². The van der Waals surface area contributed by atoms with Gasteiger partial charge in [-0.15, -0.1) is 9.78 Å². The number of rotatable bonds is 16. The molecule has 0 saturated heterocycles. The molecule has 2 aromatic rings. The molecule has 2 rings (SSSR count). The van der Waals surface area contributed by atoms with E-state index < -0.39 is 18.2 Å². The molecule has 0 amide bonds.